The van der Waals surface area contributed by atoms with Gasteiger partial charge in [-0.15, -0.1) is 0 Å². The molecule has 4 nitrogen and oxygen atoms in total. The molecule has 0 saturated heterocycles. The maximum atomic E-state index is 9.11. The molecule has 92 valence electrons. The number of aliphatic hydroxyl groups excluding tert-OH is 1. The van der Waals surface area contributed by atoms with E-state index in [1.165, 1.54) is 5.69 Å². The molecule has 0 aliphatic rings. The first-order chi connectivity index (χ1) is 7.74. The third-order valence-electron chi connectivity index (χ3n) is 2.54. The van der Waals surface area contributed by atoms with Crippen LogP contribution in [0.5, 0.6) is 0 Å². The van der Waals surface area contributed by atoms with E-state index in [-0.39, 0.29) is 6.10 Å². The summed E-state index contributed by atoms with van der Waals surface area (Å²) in [5.41, 5.74) is 1.24. The van der Waals surface area contributed by atoms with Crippen LogP contribution >= 0.6 is 0 Å². The Hall–Kier alpha value is -0.870. The highest BCUT2D eigenvalue weighted by Crippen LogP contribution is 2.01. The maximum Gasteiger partial charge on any atom is 0.0948 e. The van der Waals surface area contributed by atoms with E-state index in [1.807, 2.05) is 19.4 Å². The zero-order valence-electron chi connectivity index (χ0n) is 10.3. The SMILES string of the molecule is CCCn1cncc1CNCCCC(C)O. The van der Waals surface area contributed by atoms with Gasteiger partial charge in [-0.05, 0) is 32.7 Å². The van der Waals surface area contributed by atoms with Crippen LogP contribution in [0.1, 0.15) is 38.8 Å². The topological polar surface area (TPSA) is 50.1 Å². The lowest BCUT2D eigenvalue weighted by molar-refractivity contribution is 0.181. The van der Waals surface area contributed by atoms with Gasteiger partial charge in [0.1, 0.15) is 0 Å². The predicted octanol–water partition coefficient (Wildman–Crippen LogP) is 1.54. The number of nitrogens with zero attached hydrogens (tertiary/aromatic N) is 2. The second-order valence-corrected chi connectivity index (χ2v) is 4.25. The highest BCUT2D eigenvalue weighted by molar-refractivity contribution is 4.97. The van der Waals surface area contributed by atoms with E-state index in [2.05, 4.69) is 21.8 Å². The molecule has 0 saturated carbocycles. The molecule has 1 unspecified atom stereocenters. The highest BCUT2D eigenvalue weighted by Gasteiger charge is 2.00. The molecule has 0 bridgehead atoms. The molecule has 0 spiro atoms. The third-order valence-corrected chi connectivity index (χ3v) is 2.54. The van der Waals surface area contributed by atoms with Crippen molar-refractivity contribution in [1.82, 2.24) is 14.9 Å². The molecule has 0 aliphatic carbocycles. The zero-order chi connectivity index (χ0) is 11.8. The molecule has 0 amide bonds. The monoisotopic (exact) mass is 225 g/mol. The van der Waals surface area contributed by atoms with Crippen molar-refractivity contribution in [2.75, 3.05) is 6.54 Å². The lowest BCUT2D eigenvalue weighted by Crippen LogP contribution is -2.18. The molecule has 2 N–H and O–H groups in total. The van der Waals surface area contributed by atoms with Crippen molar-refractivity contribution in [2.24, 2.45) is 0 Å². The van der Waals surface area contributed by atoms with Crippen LogP contribution in [0, 0.1) is 0 Å². The number of aryl methyl sites for hydroxylation is 1. The number of hydrogen-bond donors (Lipinski definition) is 2. The molecule has 1 rings (SSSR count). The summed E-state index contributed by atoms with van der Waals surface area (Å²) in [6.45, 7) is 6.84. The first-order valence-electron chi connectivity index (χ1n) is 6.11. The molecular formula is C12H23N3O. The summed E-state index contributed by atoms with van der Waals surface area (Å²) < 4.78 is 2.18. The van der Waals surface area contributed by atoms with Gasteiger partial charge in [-0.3, -0.25) is 0 Å². The summed E-state index contributed by atoms with van der Waals surface area (Å²) in [6.07, 6.45) is 6.62. The van der Waals surface area contributed by atoms with E-state index in [0.717, 1.165) is 38.9 Å². The quantitative estimate of drug-likeness (QED) is 0.660. The van der Waals surface area contributed by atoms with Crippen LogP contribution in [0.15, 0.2) is 12.5 Å². The molecule has 0 aromatic carbocycles. The summed E-state index contributed by atoms with van der Waals surface area (Å²) in [5.74, 6) is 0. The standard InChI is InChI=1S/C12H23N3O/c1-3-7-15-10-14-9-12(15)8-13-6-4-5-11(2)16/h9-11,13,16H,3-8H2,1-2H3. The maximum absolute atomic E-state index is 9.11. The van der Waals surface area contributed by atoms with Gasteiger partial charge in [0.25, 0.3) is 0 Å². The molecule has 0 aliphatic heterocycles. The van der Waals surface area contributed by atoms with E-state index < -0.39 is 0 Å². The summed E-state index contributed by atoms with van der Waals surface area (Å²) in [5, 5.41) is 12.5. The van der Waals surface area contributed by atoms with Crippen LogP contribution in [0.2, 0.25) is 0 Å². The minimum Gasteiger partial charge on any atom is -0.393 e. The average molecular weight is 225 g/mol. The van der Waals surface area contributed by atoms with Crippen molar-refractivity contribution in [1.29, 1.82) is 0 Å². The van der Waals surface area contributed by atoms with E-state index >= 15 is 0 Å². The Morgan fingerprint density at radius 2 is 2.38 bits per heavy atom. The van der Waals surface area contributed by atoms with Crippen LogP contribution in [0.25, 0.3) is 0 Å². The van der Waals surface area contributed by atoms with E-state index in [4.69, 9.17) is 5.11 Å². The van der Waals surface area contributed by atoms with Crippen LogP contribution in [0.4, 0.5) is 0 Å². The minimum absolute atomic E-state index is 0.188. The van der Waals surface area contributed by atoms with Crippen LogP contribution < -0.4 is 5.32 Å². The second kappa shape index (κ2) is 7.41. The van der Waals surface area contributed by atoms with Gasteiger partial charge < -0.3 is 15.0 Å². The summed E-state index contributed by atoms with van der Waals surface area (Å²) in [6, 6.07) is 0. The van der Waals surface area contributed by atoms with Crippen molar-refractivity contribution in [3.05, 3.63) is 18.2 Å². The van der Waals surface area contributed by atoms with Gasteiger partial charge >= 0.3 is 0 Å². The number of aliphatic hydroxyl groups is 1. The van der Waals surface area contributed by atoms with Gasteiger partial charge in [0, 0.05) is 19.3 Å². The fraction of sp³-hybridized carbons (Fsp3) is 0.750. The van der Waals surface area contributed by atoms with Crippen molar-refractivity contribution in [3.8, 4) is 0 Å². The number of nitrogens with one attached hydrogen (secondary N) is 1. The van der Waals surface area contributed by atoms with Crippen LogP contribution in [0.3, 0.4) is 0 Å². The van der Waals surface area contributed by atoms with Crippen molar-refractivity contribution < 1.29 is 5.11 Å². The molecule has 1 aromatic heterocycles. The Labute approximate surface area is 97.7 Å². The first-order valence-corrected chi connectivity index (χ1v) is 6.11. The molecule has 1 heterocycles. The predicted molar refractivity (Wildman–Crippen MR) is 65.1 cm³/mol. The summed E-state index contributed by atoms with van der Waals surface area (Å²) >= 11 is 0. The van der Waals surface area contributed by atoms with Gasteiger partial charge in [-0.25, -0.2) is 4.98 Å². The lowest BCUT2D eigenvalue weighted by Gasteiger charge is -2.08. The molecular weight excluding hydrogens is 202 g/mol. The summed E-state index contributed by atoms with van der Waals surface area (Å²) in [4.78, 5) is 4.15. The number of hydrogen-bond acceptors (Lipinski definition) is 3. The van der Waals surface area contributed by atoms with E-state index in [9.17, 15) is 0 Å². The largest absolute Gasteiger partial charge is 0.393 e. The first kappa shape index (κ1) is 13.2. The molecule has 0 fully saturated rings. The fourth-order valence-corrected chi connectivity index (χ4v) is 1.68. The van der Waals surface area contributed by atoms with Crippen LogP contribution in [-0.2, 0) is 13.1 Å². The van der Waals surface area contributed by atoms with Crippen molar-refractivity contribution in [2.45, 2.75) is 52.3 Å². The molecule has 4 heteroatoms. The fourth-order valence-electron chi connectivity index (χ4n) is 1.68. The van der Waals surface area contributed by atoms with Crippen LogP contribution in [-0.4, -0.2) is 27.3 Å². The van der Waals surface area contributed by atoms with Gasteiger partial charge in [-0.1, -0.05) is 6.92 Å². The Morgan fingerprint density at radius 3 is 3.06 bits per heavy atom. The Balaban J connectivity index is 2.18. The molecule has 16 heavy (non-hydrogen) atoms. The highest BCUT2D eigenvalue weighted by atomic mass is 16.3. The zero-order valence-corrected chi connectivity index (χ0v) is 10.3. The van der Waals surface area contributed by atoms with Gasteiger partial charge in [0.05, 0.1) is 18.1 Å². The van der Waals surface area contributed by atoms with Gasteiger partial charge in [-0.2, -0.15) is 0 Å². The Kier molecular flexibility index (Phi) is 6.11. The minimum atomic E-state index is -0.188. The molecule has 1 aromatic rings. The van der Waals surface area contributed by atoms with E-state index in [0.29, 0.717) is 0 Å². The van der Waals surface area contributed by atoms with E-state index in [1.54, 1.807) is 0 Å². The number of rotatable bonds is 8. The van der Waals surface area contributed by atoms with Gasteiger partial charge in [0.2, 0.25) is 0 Å². The average Bonchev–Trinajstić information content (AvgIpc) is 2.65. The smallest absolute Gasteiger partial charge is 0.0948 e. The molecule has 1 atom stereocenters. The summed E-state index contributed by atoms with van der Waals surface area (Å²) in [7, 11) is 0. The molecule has 0 radical (unpaired) electrons. The van der Waals surface area contributed by atoms with Gasteiger partial charge in [0.15, 0.2) is 0 Å². The number of imidazole rings is 1. The second-order valence-electron chi connectivity index (χ2n) is 4.25. The normalized spacial score (nSPS) is 12.9. The Bertz CT molecular complexity index is 284. The number of aromatic nitrogens is 2. The third kappa shape index (κ3) is 4.77. The van der Waals surface area contributed by atoms with Crippen molar-refractivity contribution >= 4 is 0 Å². The lowest BCUT2D eigenvalue weighted by atomic mass is 10.2. The van der Waals surface area contributed by atoms with Crippen molar-refractivity contribution in [3.63, 3.8) is 0 Å². The Morgan fingerprint density at radius 1 is 1.56 bits per heavy atom.